The van der Waals surface area contributed by atoms with Crippen molar-refractivity contribution in [2.75, 3.05) is 26.9 Å². The number of rotatable bonds is 8. The van der Waals surface area contributed by atoms with Crippen LogP contribution in [-0.4, -0.2) is 50.6 Å². The van der Waals surface area contributed by atoms with Gasteiger partial charge in [-0.25, -0.2) is 0 Å². The zero-order valence-electron chi connectivity index (χ0n) is 11.9. The summed E-state index contributed by atoms with van der Waals surface area (Å²) in [5.41, 5.74) is -0.519. The third-order valence-electron chi connectivity index (χ3n) is 3.83. The van der Waals surface area contributed by atoms with Crippen molar-refractivity contribution in [3.63, 3.8) is 0 Å². The number of carbonyl (C=O) groups excluding carboxylic acids is 1. The maximum atomic E-state index is 12.2. The van der Waals surface area contributed by atoms with Crippen molar-refractivity contribution in [2.45, 2.75) is 56.7 Å². The van der Waals surface area contributed by atoms with Gasteiger partial charge in [-0.1, -0.05) is 0 Å². The van der Waals surface area contributed by atoms with E-state index in [0.29, 0.717) is 32.3 Å². The minimum absolute atomic E-state index is 0.111. The molecule has 2 unspecified atom stereocenters. The summed E-state index contributed by atoms with van der Waals surface area (Å²) in [6.07, 6.45) is 4.88. The number of carbonyl (C=O) groups is 1. The van der Waals surface area contributed by atoms with Gasteiger partial charge in [-0.15, -0.1) is 0 Å². The Morgan fingerprint density at radius 2 is 2.11 bits per heavy atom. The molecule has 0 bridgehead atoms. The molecule has 2 rings (SSSR count). The molecule has 2 atom stereocenters. The van der Waals surface area contributed by atoms with Gasteiger partial charge in [-0.2, -0.15) is 0 Å². The van der Waals surface area contributed by atoms with Crippen LogP contribution in [-0.2, 0) is 19.0 Å². The number of hydrogen-bond donors (Lipinski definition) is 1. The Morgan fingerprint density at radius 3 is 2.74 bits per heavy atom. The van der Waals surface area contributed by atoms with Crippen molar-refractivity contribution in [1.82, 2.24) is 5.32 Å². The summed E-state index contributed by atoms with van der Waals surface area (Å²) in [6, 6.07) is 0.488. The molecule has 0 radical (unpaired) electrons. The smallest absolute Gasteiger partial charge is 0.326 e. The first-order valence-electron chi connectivity index (χ1n) is 7.25. The van der Waals surface area contributed by atoms with E-state index in [2.05, 4.69) is 5.32 Å². The van der Waals surface area contributed by atoms with Crippen LogP contribution in [0.5, 0.6) is 0 Å². The highest BCUT2D eigenvalue weighted by Crippen LogP contribution is 2.36. The molecule has 19 heavy (non-hydrogen) atoms. The van der Waals surface area contributed by atoms with Crippen LogP contribution in [0.3, 0.4) is 0 Å². The fourth-order valence-corrected chi connectivity index (χ4v) is 2.70. The van der Waals surface area contributed by atoms with Crippen LogP contribution in [0.15, 0.2) is 0 Å². The Morgan fingerprint density at radius 1 is 1.32 bits per heavy atom. The molecular formula is C14H25NO4. The minimum Gasteiger partial charge on any atom is -0.465 e. The second-order valence-corrected chi connectivity index (χ2v) is 5.45. The van der Waals surface area contributed by atoms with E-state index in [4.69, 9.17) is 14.2 Å². The summed E-state index contributed by atoms with van der Waals surface area (Å²) >= 11 is 0. The maximum absolute atomic E-state index is 12.2. The van der Waals surface area contributed by atoms with E-state index in [1.54, 1.807) is 7.11 Å². The lowest BCUT2D eigenvalue weighted by molar-refractivity contribution is -0.151. The fourth-order valence-electron chi connectivity index (χ4n) is 2.70. The van der Waals surface area contributed by atoms with Crippen LogP contribution in [0.25, 0.3) is 0 Å². The van der Waals surface area contributed by atoms with Crippen molar-refractivity contribution >= 4 is 5.97 Å². The standard InChI is InChI=1S/C14H25NO4/c1-3-18-13(16)14(15-11-4-5-11)7-6-12(10-14)19-9-8-17-2/h11-12,15H,3-10H2,1-2H3. The minimum atomic E-state index is -0.519. The molecule has 2 aliphatic rings. The predicted octanol–water partition coefficient (Wildman–Crippen LogP) is 1.26. The third kappa shape index (κ3) is 3.91. The van der Waals surface area contributed by atoms with Gasteiger partial charge in [0.1, 0.15) is 5.54 Å². The Labute approximate surface area is 115 Å². The van der Waals surface area contributed by atoms with Crippen molar-refractivity contribution in [3.8, 4) is 0 Å². The molecule has 0 heterocycles. The molecule has 5 heteroatoms. The SMILES string of the molecule is CCOC(=O)C1(NC2CC2)CCC(OCCOC)C1. The van der Waals surface area contributed by atoms with Gasteiger partial charge >= 0.3 is 5.97 Å². The molecule has 0 spiro atoms. The number of nitrogens with one attached hydrogen (secondary N) is 1. The van der Waals surface area contributed by atoms with E-state index in [9.17, 15) is 4.79 Å². The van der Waals surface area contributed by atoms with Crippen LogP contribution in [0.4, 0.5) is 0 Å². The second-order valence-electron chi connectivity index (χ2n) is 5.45. The van der Waals surface area contributed by atoms with Gasteiger partial charge in [0.2, 0.25) is 0 Å². The van der Waals surface area contributed by atoms with Crippen LogP contribution in [0, 0.1) is 0 Å². The Bertz CT molecular complexity index is 306. The van der Waals surface area contributed by atoms with Gasteiger partial charge in [0.05, 0.1) is 25.9 Å². The average Bonchev–Trinajstić information content (AvgIpc) is 3.10. The molecule has 0 aromatic carbocycles. The van der Waals surface area contributed by atoms with Crippen molar-refractivity contribution in [1.29, 1.82) is 0 Å². The lowest BCUT2D eigenvalue weighted by atomic mass is 9.97. The average molecular weight is 271 g/mol. The number of methoxy groups -OCH3 is 1. The zero-order valence-corrected chi connectivity index (χ0v) is 11.9. The largest absolute Gasteiger partial charge is 0.465 e. The first kappa shape index (κ1) is 14.8. The van der Waals surface area contributed by atoms with Gasteiger partial charge in [0.15, 0.2) is 0 Å². The highest BCUT2D eigenvalue weighted by Gasteiger charge is 2.49. The van der Waals surface area contributed by atoms with Gasteiger partial charge in [-0.3, -0.25) is 10.1 Å². The van der Waals surface area contributed by atoms with Crippen LogP contribution < -0.4 is 5.32 Å². The monoisotopic (exact) mass is 271 g/mol. The van der Waals surface area contributed by atoms with E-state index in [0.717, 1.165) is 25.7 Å². The van der Waals surface area contributed by atoms with Crippen molar-refractivity contribution in [2.24, 2.45) is 0 Å². The van der Waals surface area contributed by atoms with Gasteiger partial charge in [0.25, 0.3) is 0 Å². The number of esters is 1. The van der Waals surface area contributed by atoms with Gasteiger partial charge in [0, 0.05) is 19.6 Å². The Hall–Kier alpha value is -0.650. The molecule has 0 aromatic heterocycles. The predicted molar refractivity (Wildman–Crippen MR) is 71.0 cm³/mol. The highest BCUT2D eigenvalue weighted by atomic mass is 16.5. The van der Waals surface area contributed by atoms with Crippen LogP contribution >= 0.6 is 0 Å². The first-order chi connectivity index (χ1) is 9.20. The van der Waals surface area contributed by atoms with Crippen LogP contribution in [0.2, 0.25) is 0 Å². The summed E-state index contributed by atoms with van der Waals surface area (Å²) in [4.78, 5) is 12.2. The first-order valence-corrected chi connectivity index (χ1v) is 7.25. The number of ether oxygens (including phenoxy) is 3. The van der Waals surface area contributed by atoms with E-state index in [-0.39, 0.29) is 12.1 Å². The van der Waals surface area contributed by atoms with E-state index in [1.165, 1.54) is 0 Å². The summed E-state index contributed by atoms with van der Waals surface area (Å²) in [5, 5.41) is 3.49. The van der Waals surface area contributed by atoms with Crippen molar-refractivity contribution < 1.29 is 19.0 Å². The third-order valence-corrected chi connectivity index (χ3v) is 3.83. The summed E-state index contributed by atoms with van der Waals surface area (Å²) in [7, 11) is 1.66. The Kier molecular flexibility index (Phi) is 5.19. The number of hydrogen-bond acceptors (Lipinski definition) is 5. The maximum Gasteiger partial charge on any atom is 0.326 e. The van der Waals surface area contributed by atoms with Gasteiger partial charge in [-0.05, 0) is 32.6 Å². The summed E-state index contributed by atoms with van der Waals surface area (Å²) < 4.78 is 16.0. The molecule has 1 N–H and O–H groups in total. The van der Waals surface area contributed by atoms with E-state index >= 15 is 0 Å². The van der Waals surface area contributed by atoms with E-state index in [1.807, 2.05) is 6.92 Å². The van der Waals surface area contributed by atoms with Crippen LogP contribution in [0.1, 0.15) is 39.0 Å². The normalized spacial score (nSPS) is 30.5. The molecule has 0 aromatic rings. The Balaban J connectivity index is 1.89. The molecule has 0 amide bonds. The van der Waals surface area contributed by atoms with E-state index < -0.39 is 5.54 Å². The quantitative estimate of drug-likeness (QED) is 0.532. The van der Waals surface area contributed by atoms with Crippen molar-refractivity contribution in [3.05, 3.63) is 0 Å². The molecule has 2 aliphatic carbocycles. The molecule has 0 saturated heterocycles. The molecule has 5 nitrogen and oxygen atoms in total. The highest BCUT2D eigenvalue weighted by molar-refractivity contribution is 5.81. The zero-order chi connectivity index (χ0) is 13.7. The molecule has 110 valence electrons. The lowest BCUT2D eigenvalue weighted by Gasteiger charge is -2.28. The molecule has 0 aliphatic heterocycles. The summed E-state index contributed by atoms with van der Waals surface area (Å²) in [6.45, 7) is 3.47. The second kappa shape index (κ2) is 6.68. The molecule has 2 saturated carbocycles. The topological polar surface area (TPSA) is 56.8 Å². The molecular weight excluding hydrogens is 246 g/mol. The molecule has 2 fully saturated rings. The fraction of sp³-hybridized carbons (Fsp3) is 0.929. The lowest BCUT2D eigenvalue weighted by Crippen LogP contribution is -2.52. The summed E-state index contributed by atoms with van der Waals surface area (Å²) in [5.74, 6) is -0.111. The van der Waals surface area contributed by atoms with Gasteiger partial charge < -0.3 is 14.2 Å².